The van der Waals surface area contributed by atoms with Crippen LogP contribution in [0.5, 0.6) is 0 Å². The molecule has 2 heterocycles. The predicted molar refractivity (Wildman–Crippen MR) is 119 cm³/mol. The molecule has 3 rings (SSSR count). The van der Waals surface area contributed by atoms with Crippen LogP contribution in [0.25, 0.3) is 0 Å². The molecule has 14 heteroatoms. The smallest absolute Gasteiger partial charge is 0.356 e. The van der Waals surface area contributed by atoms with Crippen molar-refractivity contribution in [2.75, 3.05) is 19.7 Å². The minimum Gasteiger partial charge on any atom is -0.356 e. The highest BCUT2D eigenvalue weighted by Gasteiger charge is 2.51. The number of ether oxygens (including phenoxy) is 1. The third-order valence-corrected chi connectivity index (χ3v) is 7.09. The zero-order chi connectivity index (χ0) is 27.5. The lowest BCUT2D eigenvalue weighted by Gasteiger charge is -2.29. The number of carbonyl (C=O) groups is 5. The molecule has 5 atom stereocenters. The molecule has 1 aliphatic carbocycles. The van der Waals surface area contributed by atoms with Crippen LogP contribution in [0.3, 0.4) is 0 Å². The fraction of sp³-hybridized carbons (Fsp3) is 0.739. The van der Waals surface area contributed by atoms with Crippen LogP contribution in [0.15, 0.2) is 0 Å². The number of likely N-dealkylation sites (tertiary alicyclic amines) is 1. The monoisotopic (exact) mass is 529 g/mol. The molecule has 0 radical (unpaired) electrons. The first-order valence-corrected chi connectivity index (χ1v) is 12.1. The number of alkyl halides is 3. The molecule has 1 saturated carbocycles. The van der Waals surface area contributed by atoms with Gasteiger partial charge in [0.05, 0.1) is 12.1 Å². The van der Waals surface area contributed by atoms with Crippen LogP contribution >= 0.6 is 0 Å². The largest absolute Gasteiger partial charge is 0.522 e. The van der Waals surface area contributed by atoms with E-state index in [1.165, 1.54) is 13.8 Å². The summed E-state index contributed by atoms with van der Waals surface area (Å²) < 4.78 is 41.2. The number of carbonyl (C=O) groups excluding carboxylic acids is 5. The molecule has 3 aliphatic rings. The number of Topliss-reactive ketones (excluding diaryl/α,β-unsaturated/α-hetero) is 1. The van der Waals surface area contributed by atoms with Gasteiger partial charge < -0.3 is 20.9 Å². The van der Waals surface area contributed by atoms with Gasteiger partial charge in [-0.1, -0.05) is 6.42 Å². The third-order valence-electron chi connectivity index (χ3n) is 7.09. The number of hydrogen-bond donors (Lipinski definition) is 3. The lowest BCUT2D eigenvalue weighted by Crippen LogP contribution is -2.57. The van der Waals surface area contributed by atoms with E-state index in [0.717, 1.165) is 11.3 Å². The molecule has 204 valence electrons. The molecule has 1 unspecified atom stereocenters. The van der Waals surface area contributed by atoms with E-state index in [2.05, 4.69) is 20.7 Å². The van der Waals surface area contributed by atoms with Gasteiger partial charge in [0, 0.05) is 19.0 Å². The maximum absolute atomic E-state index is 13.4. The summed E-state index contributed by atoms with van der Waals surface area (Å²) in [6.45, 7) is 1.90. The molecule has 0 aromatic carbocycles. The Morgan fingerprint density at radius 2 is 1.92 bits per heavy atom. The van der Waals surface area contributed by atoms with Crippen molar-refractivity contribution in [2.24, 2.45) is 17.8 Å². The molecule has 0 spiro atoms. The molecular formula is C23H30F3N5O6. The van der Waals surface area contributed by atoms with Gasteiger partial charge in [0.25, 0.3) is 0 Å². The lowest BCUT2D eigenvalue weighted by atomic mass is 9.92. The van der Waals surface area contributed by atoms with Crippen molar-refractivity contribution < 1.29 is 41.9 Å². The summed E-state index contributed by atoms with van der Waals surface area (Å²) in [5.41, 5.74) is -1.34. The van der Waals surface area contributed by atoms with Gasteiger partial charge in [0.1, 0.15) is 18.2 Å². The standard InChI is InChI=1S/C23H30F3N5O6/c1-22(2,11-27)30-20(35)21(36)31-9-13-4-3-5-14(13)17(31)19(34)29-15(8-12-6-7-28-18(12)33)16(32)10-37-23(24,25)26/h12-15,17H,3-10H2,1-2H3,(H,28,33)(H,29,34)(H,30,35)/t12-,13-,14-,15?,17-/m0/s1. The summed E-state index contributed by atoms with van der Waals surface area (Å²) in [6, 6.07) is -0.751. The molecule has 0 bridgehead atoms. The Morgan fingerprint density at radius 3 is 2.51 bits per heavy atom. The van der Waals surface area contributed by atoms with E-state index >= 15 is 0 Å². The Labute approximate surface area is 211 Å². The first-order chi connectivity index (χ1) is 17.2. The second-order valence-corrected chi connectivity index (χ2v) is 10.2. The number of halogens is 3. The number of nitrogens with one attached hydrogen (secondary N) is 3. The fourth-order valence-electron chi connectivity index (χ4n) is 5.28. The predicted octanol–water partition coefficient (Wildman–Crippen LogP) is 0.148. The summed E-state index contributed by atoms with van der Waals surface area (Å²) in [5, 5.41) is 16.5. The zero-order valence-electron chi connectivity index (χ0n) is 20.5. The van der Waals surface area contributed by atoms with Gasteiger partial charge in [-0.05, 0) is 51.4 Å². The molecule has 11 nitrogen and oxygen atoms in total. The average Bonchev–Trinajstić information content (AvgIpc) is 3.51. The van der Waals surface area contributed by atoms with E-state index in [0.29, 0.717) is 25.8 Å². The SMILES string of the molecule is CC(C)(C#N)NC(=O)C(=O)N1C[C@@H]2CCC[C@@H]2[C@H]1C(=O)NC(C[C@@H]1CCNC1=O)C(=O)COC(F)(F)F. The zero-order valence-corrected chi connectivity index (χ0v) is 20.5. The van der Waals surface area contributed by atoms with Crippen LogP contribution in [0, 0.1) is 29.1 Å². The molecule has 0 aromatic heterocycles. The minimum atomic E-state index is -5.06. The van der Waals surface area contributed by atoms with E-state index in [1.807, 2.05) is 6.07 Å². The Hall–Kier alpha value is -3.21. The molecule has 37 heavy (non-hydrogen) atoms. The fourth-order valence-corrected chi connectivity index (χ4v) is 5.28. The molecule has 3 fully saturated rings. The van der Waals surface area contributed by atoms with Crippen LogP contribution in [0.1, 0.15) is 46.0 Å². The van der Waals surface area contributed by atoms with Crippen LogP contribution in [-0.2, 0) is 28.7 Å². The topological polar surface area (TPSA) is 158 Å². The molecular weight excluding hydrogens is 499 g/mol. The van der Waals surface area contributed by atoms with Crippen molar-refractivity contribution in [1.29, 1.82) is 5.26 Å². The van der Waals surface area contributed by atoms with E-state index in [1.54, 1.807) is 0 Å². The number of ketones is 1. The van der Waals surface area contributed by atoms with Gasteiger partial charge in [-0.15, -0.1) is 13.2 Å². The molecule has 3 N–H and O–H groups in total. The van der Waals surface area contributed by atoms with Gasteiger partial charge in [0.2, 0.25) is 11.8 Å². The van der Waals surface area contributed by atoms with Crippen molar-refractivity contribution in [1.82, 2.24) is 20.9 Å². The van der Waals surface area contributed by atoms with E-state index in [-0.39, 0.29) is 30.7 Å². The normalized spacial score (nSPS) is 26.2. The maximum atomic E-state index is 13.4. The second-order valence-electron chi connectivity index (χ2n) is 10.2. The highest BCUT2D eigenvalue weighted by molar-refractivity contribution is 6.35. The Morgan fingerprint density at radius 1 is 1.22 bits per heavy atom. The summed E-state index contributed by atoms with van der Waals surface area (Å²) in [6.07, 6.45) is -2.87. The molecule has 2 saturated heterocycles. The number of fused-ring (bicyclic) bond motifs is 1. The van der Waals surface area contributed by atoms with Crippen molar-refractivity contribution in [3.8, 4) is 6.07 Å². The number of amides is 4. The number of nitriles is 1. The Bertz CT molecular complexity index is 994. The average molecular weight is 530 g/mol. The van der Waals surface area contributed by atoms with Crippen molar-refractivity contribution in [3.05, 3.63) is 0 Å². The van der Waals surface area contributed by atoms with Gasteiger partial charge >= 0.3 is 18.2 Å². The van der Waals surface area contributed by atoms with Crippen molar-refractivity contribution >= 4 is 29.4 Å². The number of rotatable bonds is 8. The highest BCUT2D eigenvalue weighted by atomic mass is 19.4. The van der Waals surface area contributed by atoms with Gasteiger partial charge in [0.15, 0.2) is 5.78 Å². The number of nitrogens with zero attached hydrogens (tertiary/aromatic N) is 2. The Kier molecular flexibility index (Phi) is 8.46. The Balaban J connectivity index is 1.79. The van der Waals surface area contributed by atoms with Crippen LogP contribution in [-0.4, -0.2) is 78.0 Å². The quantitative estimate of drug-likeness (QED) is 0.378. The first kappa shape index (κ1) is 28.4. The maximum Gasteiger partial charge on any atom is 0.522 e. The van der Waals surface area contributed by atoms with E-state index in [9.17, 15) is 37.1 Å². The summed E-state index contributed by atoms with van der Waals surface area (Å²) in [5.74, 6) is -5.41. The molecule has 4 amide bonds. The van der Waals surface area contributed by atoms with Crippen LogP contribution in [0.4, 0.5) is 13.2 Å². The summed E-state index contributed by atoms with van der Waals surface area (Å²) in [7, 11) is 0. The van der Waals surface area contributed by atoms with Gasteiger partial charge in [-0.2, -0.15) is 5.26 Å². The summed E-state index contributed by atoms with van der Waals surface area (Å²) >= 11 is 0. The van der Waals surface area contributed by atoms with E-state index in [4.69, 9.17) is 5.26 Å². The van der Waals surface area contributed by atoms with Crippen LogP contribution < -0.4 is 16.0 Å². The molecule has 0 aromatic rings. The second kappa shape index (κ2) is 11.0. The minimum absolute atomic E-state index is 0.0696. The number of hydrogen-bond acceptors (Lipinski definition) is 7. The van der Waals surface area contributed by atoms with Gasteiger partial charge in [-0.25, -0.2) is 0 Å². The van der Waals surface area contributed by atoms with Crippen LogP contribution in [0.2, 0.25) is 0 Å². The van der Waals surface area contributed by atoms with Gasteiger partial charge in [-0.3, -0.25) is 28.7 Å². The third kappa shape index (κ3) is 6.97. The first-order valence-electron chi connectivity index (χ1n) is 12.1. The summed E-state index contributed by atoms with van der Waals surface area (Å²) in [4.78, 5) is 64.8. The van der Waals surface area contributed by atoms with Crippen molar-refractivity contribution in [3.63, 3.8) is 0 Å². The van der Waals surface area contributed by atoms with Crippen molar-refractivity contribution in [2.45, 2.75) is 69.9 Å². The molecule has 2 aliphatic heterocycles. The lowest BCUT2D eigenvalue weighted by molar-refractivity contribution is -0.321. The van der Waals surface area contributed by atoms with E-state index < -0.39 is 60.0 Å². The highest BCUT2D eigenvalue weighted by Crippen LogP contribution is 2.42.